The number of hydrogen-bond acceptors (Lipinski definition) is 3. The van der Waals surface area contributed by atoms with Crippen molar-refractivity contribution in [3.63, 3.8) is 0 Å². The molecule has 0 saturated heterocycles. The summed E-state index contributed by atoms with van der Waals surface area (Å²) >= 11 is 5.45. The molecule has 4 atom stereocenters. The number of furan rings is 1. The van der Waals surface area contributed by atoms with Crippen LogP contribution in [-0.4, -0.2) is 14.8 Å². The molecule has 4 rings (SSSR count). The lowest BCUT2D eigenvalue weighted by atomic mass is 9.84. The van der Waals surface area contributed by atoms with Gasteiger partial charge in [0.25, 0.3) is 0 Å². The van der Waals surface area contributed by atoms with Crippen molar-refractivity contribution >= 4 is 12.2 Å². The van der Waals surface area contributed by atoms with Crippen molar-refractivity contribution in [2.45, 2.75) is 38.6 Å². The lowest BCUT2D eigenvalue weighted by molar-refractivity contribution is 0.242. The highest BCUT2D eigenvalue weighted by Crippen LogP contribution is 2.52. The molecule has 2 aromatic rings. The van der Waals surface area contributed by atoms with E-state index in [9.17, 15) is 0 Å². The van der Waals surface area contributed by atoms with Gasteiger partial charge in [0, 0.05) is 6.04 Å². The summed E-state index contributed by atoms with van der Waals surface area (Å²) in [6.45, 7) is 2.28. The van der Waals surface area contributed by atoms with E-state index >= 15 is 0 Å². The van der Waals surface area contributed by atoms with Crippen molar-refractivity contribution in [1.29, 1.82) is 0 Å². The summed E-state index contributed by atoms with van der Waals surface area (Å²) < 4.78 is 8.35. The molecule has 2 aromatic heterocycles. The molecule has 2 saturated carbocycles. The first-order valence-electron chi connectivity index (χ1n) is 7.45. The van der Waals surface area contributed by atoms with Crippen LogP contribution in [0.4, 0.5) is 0 Å². The van der Waals surface area contributed by atoms with Crippen molar-refractivity contribution in [3.05, 3.63) is 23.2 Å². The molecule has 2 bridgehead atoms. The first-order chi connectivity index (χ1) is 9.74. The molecular formula is C15H19N3OS. The maximum Gasteiger partial charge on any atom is 0.198 e. The minimum absolute atomic E-state index is 0.386. The fourth-order valence-corrected chi connectivity index (χ4v) is 4.64. The summed E-state index contributed by atoms with van der Waals surface area (Å²) in [5, 5.41) is 7.29. The van der Waals surface area contributed by atoms with Crippen LogP contribution in [0.5, 0.6) is 0 Å². The Balaban J connectivity index is 1.71. The van der Waals surface area contributed by atoms with E-state index in [1.165, 1.54) is 25.7 Å². The largest absolute Gasteiger partial charge is 0.461 e. The van der Waals surface area contributed by atoms with Gasteiger partial charge in [0.2, 0.25) is 0 Å². The predicted molar refractivity (Wildman–Crippen MR) is 78.8 cm³/mol. The fourth-order valence-electron chi connectivity index (χ4n) is 4.34. The van der Waals surface area contributed by atoms with Gasteiger partial charge in [-0.2, -0.15) is 5.10 Å². The molecule has 2 fully saturated rings. The topological polar surface area (TPSA) is 46.8 Å². The van der Waals surface area contributed by atoms with Crippen molar-refractivity contribution in [3.8, 4) is 11.6 Å². The Bertz CT molecular complexity index is 657. The summed E-state index contributed by atoms with van der Waals surface area (Å²) in [4.78, 5) is 0. The molecule has 2 heterocycles. The zero-order valence-corrected chi connectivity index (χ0v) is 12.4. The van der Waals surface area contributed by atoms with Gasteiger partial charge in [-0.1, -0.05) is 6.42 Å². The Morgan fingerprint density at radius 2 is 2.35 bits per heavy atom. The molecule has 0 aromatic carbocycles. The van der Waals surface area contributed by atoms with Crippen LogP contribution >= 0.6 is 12.2 Å². The number of nitrogens with one attached hydrogen (secondary N) is 1. The Kier molecular flexibility index (Phi) is 2.84. The number of rotatable bonds is 3. The SMILES string of the molecule is CC(C1C[C@@H]2CC[C@H]1C2)n1c(-c2ccco2)n[nH]c1=S. The van der Waals surface area contributed by atoms with E-state index < -0.39 is 0 Å². The zero-order valence-electron chi connectivity index (χ0n) is 11.6. The van der Waals surface area contributed by atoms with Gasteiger partial charge in [-0.05, 0) is 68.3 Å². The average molecular weight is 289 g/mol. The van der Waals surface area contributed by atoms with Gasteiger partial charge >= 0.3 is 0 Å². The molecule has 20 heavy (non-hydrogen) atoms. The van der Waals surface area contributed by atoms with Crippen LogP contribution in [0.3, 0.4) is 0 Å². The fraction of sp³-hybridized carbons (Fsp3) is 0.600. The number of aromatic nitrogens is 3. The van der Waals surface area contributed by atoms with Crippen LogP contribution in [0.2, 0.25) is 0 Å². The molecule has 0 amide bonds. The van der Waals surface area contributed by atoms with Crippen LogP contribution in [0, 0.1) is 22.5 Å². The second-order valence-electron chi connectivity index (χ2n) is 6.28. The smallest absolute Gasteiger partial charge is 0.198 e. The Hall–Kier alpha value is -1.36. The van der Waals surface area contributed by atoms with Crippen LogP contribution in [0.25, 0.3) is 11.6 Å². The highest BCUT2D eigenvalue weighted by Gasteiger charge is 2.42. The molecule has 106 valence electrons. The van der Waals surface area contributed by atoms with Gasteiger partial charge in [-0.15, -0.1) is 0 Å². The van der Waals surface area contributed by atoms with Gasteiger partial charge in [-0.3, -0.25) is 9.67 Å². The van der Waals surface area contributed by atoms with Gasteiger partial charge in [0.15, 0.2) is 16.4 Å². The Labute approximate surface area is 123 Å². The van der Waals surface area contributed by atoms with E-state index in [2.05, 4.69) is 21.7 Å². The Morgan fingerprint density at radius 1 is 1.45 bits per heavy atom. The van der Waals surface area contributed by atoms with E-state index in [4.69, 9.17) is 16.6 Å². The van der Waals surface area contributed by atoms with Crippen molar-refractivity contribution in [2.24, 2.45) is 17.8 Å². The lowest BCUT2D eigenvalue weighted by Crippen LogP contribution is -2.22. The number of aromatic amines is 1. The molecule has 0 spiro atoms. The first-order valence-corrected chi connectivity index (χ1v) is 7.85. The molecular weight excluding hydrogens is 270 g/mol. The summed E-state index contributed by atoms with van der Waals surface area (Å²) in [5.74, 6) is 4.16. The second-order valence-corrected chi connectivity index (χ2v) is 6.67. The molecule has 1 N–H and O–H groups in total. The highest BCUT2D eigenvalue weighted by molar-refractivity contribution is 7.71. The predicted octanol–water partition coefficient (Wildman–Crippen LogP) is 4.20. The standard InChI is InChI=1S/C15H19N3OS/c1-9(12-8-10-4-5-11(12)7-10)18-14(16-17-15(18)20)13-3-2-6-19-13/h2-3,6,9-12H,4-5,7-8H2,1H3,(H,17,20)/t9?,10-,11+,12?/m1/s1. The molecule has 0 radical (unpaired) electrons. The van der Waals surface area contributed by atoms with Gasteiger partial charge in [-0.25, -0.2) is 0 Å². The number of nitrogens with zero attached hydrogens (tertiary/aromatic N) is 2. The third kappa shape index (κ3) is 1.79. The van der Waals surface area contributed by atoms with E-state index in [0.717, 1.165) is 29.3 Å². The first kappa shape index (κ1) is 12.4. The van der Waals surface area contributed by atoms with E-state index in [-0.39, 0.29) is 0 Å². The third-order valence-electron chi connectivity index (χ3n) is 5.27. The minimum Gasteiger partial charge on any atom is -0.461 e. The molecule has 2 aliphatic carbocycles. The molecule has 2 aliphatic rings. The minimum atomic E-state index is 0.386. The summed E-state index contributed by atoms with van der Waals surface area (Å²) in [6, 6.07) is 4.21. The second kappa shape index (κ2) is 4.58. The van der Waals surface area contributed by atoms with Crippen molar-refractivity contribution < 1.29 is 4.42 Å². The molecule has 2 unspecified atom stereocenters. The monoisotopic (exact) mass is 289 g/mol. The Morgan fingerprint density at radius 3 is 3.00 bits per heavy atom. The van der Waals surface area contributed by atoms with E-state index in [1.54, 1.807) is 6.26 Å². The van der Waals surface area contributed by atoms with Crippen LogP contribution in [-0.2, 0) is 0 Å². The van der Waals surface area contributed by atoms with Crippen LogP contribution in [0.1, 0.15) is 38.6 Å². The molecule has 5 heteroatoms. The molecule has 4 nitrogen and oxygen atoms in total. The van der Waals surface area contributed by atoms with Crippen molar-refractivity contribution in [1.82, 2.24) is 14.8 Å². The highest BCUT2D eigenvalue weighted by atomic mass is 32.1. The summed E-state index contributed by atoms with van der Waals surface area (Å²) in [5.41, 5.74) is 0. The zero-order chi connectivity index (χ0) is 13.7. The number of H-pyrrole nitrogens is 1. The maximum atomic E-state index is 5.50. The third-order valence-corrected chi connectivity index (χ3v) is 5.55. The number of fused-ring (bicyclic) bond motifs is 2. The average Bonchev–Trinajstić information content (AvgIpc) is 3.21. The number of hydrogen-bond donors (Lipinski definition) is 1. The normalized spacial score (nSPS) is 29.9. The van der Waals surface area contributed by atoms with Crippen LogP contribution < -0.4 is 0 Å². The van der Waals surface area contributed by atoms with Gasteiger partial charge in [0.1, 0.15) is 0 Å². The van der Waals surface area contributed by atoms with Crippen LogP contribution in [0.15, 0.2) is 22.8 Å². The van der Waals surface area contributed by atoms with E-state index in [0.29, 0.717) is 10.8 Å². The van der Waals surface area contributed by atoms with E-state index in [1.807, 2.05) is 12.1 Å². The lowest BCUT2D eigenvalue weighted by Gasteiger charge is -2.29. The quantitative estimate of drug-likeness (QED) is 0.861. The van der Waals surface area contributed by atoms with Gasteiger partial charge in [0.05, 0.1) is 6.26 Å². The summed E-state index contributed by atoms with van der Waals surface area (Å²) in [7, 11) is 0. The summed E-state index contributed by atoms with van der Waals surface area (Å²) in [6.07, 6.45) is 7.25. The van der Waals surface area contributed by atoms with Gasteiger partial charge < -0.3 is 4.42 Å². The molecule has 0 aliphatic heterocycles. The van der Waals surface area contributed by atoms with Crippen molar-refractivity contribution in [2.75, 3.05) is 0 Å². The maximum absolute atomic E-state index is 5.50.